The van der Waals surface area contributed by atoms with E-state index in [9.17, 15) is 4.79 Å². The van der Waals surface area contributed by atoms with Crippen molar-refractivity contribution in [3.8, 4) is 0 Å². The van der Waals surface area contributed by atoms with Crippen LogP contribution in [0.5, 0.6) is 0 Å². The number of amides is 1. The van der Waals surface area contributed by atoms with Gasteiger partial charge in [0.25, 0.3) is 5.91 Å². The van der Waals surface area contributed by atoms with E-state index in [1.54, 1.807) is 6.92 Å². The first-order chi connectivity index (χ1) is 6.65. The van der Waals surface area contributed by atoms with Gasteiger partial charge >= 0.3 is 0 Å². The lowest BCUT2D eigenvalue weighted by Crippen LogP contribution is -2.33. The molecule has 0 saturated carbocycles. The fourth-order valence-electron chi connectivity index (χ4n) is 0.911. The van der Waals surface area contributed by atoms with E-state index >= 15 is 0 Å². The average molecular weight is 200 g/mol. The summed E-state index contributed by atoms with van der Waals surface area (Å²) in [5, 5.41) is 17.8. The van der Waals surface area contributed by atoms with Gasteiger partial charge in [0.1, 0.15) is 0 Å². The Hall–Kier alpha value is -1.63. The van der Waals surface area contributed by atoms with Crippen LogP contribution in [0.2, 0.25) is 0 Å². The minimum absolute atomic E-state index is 0.00793. The second-order valence-electron chi connectivity index (χ2n) is 2.88. The molecule has 1 unspecified atom stereocenters. The molecule has 78 valence electrons. The molecule has 0 radical (unpaired) electrons. The first-order valence-electron chi connectivity index (χ1n) is 4.15. The smallest absolute Gasteiger partial charge is 0.277 e. The Morgan fingerprint density at radius 1 is 1.71 bits per heavy atom. The van der Waals surface area contributed by atoms with Crippen LogP contribution >= 0.6 is 0 Å². The lowest BCUT2D eigenvalue weighted by atomic mass is 10.2. The van der Waals surface area contributed by atoms with E-state index in [2.05, 4.69) is 20.3 Å². The molecule has 1 heterocycles. The van der Waals surface area contributed by atoms with Gasteiger partial charge in [0, 0.05) is 12.6 Å². The number of rotatable bonds is 4. The Morgan fingerprint density at radius 2 is 2.43 bits per heavy atom. The van der Waals surface area contributed by atoms with Crippen molar-refractivity contribution in [2.24, 2.45) is 0 Å². The molecule has 0 aromatic carbocycles. The summed E-state index contributed by atoms with van der Waals surface area (Å²) >= 11 is 0. The van der Waals surface area contributed by atoms with Crippen LogP contribution in [-0.4, -0.2) is 34.0 Å². The number of aliphatic hydroxyl groups excluding tert-OH is 1. The van der Waals surface area contributed by atoms with E-state index in [-0.39, 0.29) is 24.2 Å². The molecule has 0 spiro atoms. The molecule has 1 atom stereocenters. The van der Waals surface area contributed by atoms with E-state index in [4.69, 9.17) is 10.8 Å². The Kier molecular flexibility index (Phi) is 3.41. The number of anilines is 1. The number of hydrogen-bond acceptors (Lipinski definition) is 6. The Labute approximate surface area is 80.2 Å². The molecule has 0 fully saturated rings. The highest BCUT2D eigenvalue weighted by Crippen LogP contribution is 2.04. The molecule has 4 N–H and O–H groups in total. The minimum atomic E-state index is -0.454. The zero-order chi connectivity index (χ0) is 10.6. The molecule has 1 amide bonds. The fraction of sp³-hybridized carbons (Fsp3) is 0.571. The van der Waals surface area contributed by atoms with Gasteiger partial charge in [-0.15, -0.1) is 0 Å². The molecule has 7 heteroatoms. The average Bonchev–Trinajstić information content (AvgIpc) is 2.51. The number of nitrogens with one attached hydrogen (secondary N) is 1. The molecular formula is C7H12N4O3. The van der Waals surface area contributed by atoms with Crippen LogP contribution in [0.15, 0.2) is 4.63 Å². The summed E-state index contributed by atoms with van der Waals surface area (Å²) in [5.74, 6) is -0.497. The molecule has 0 saturated heterocycles. The second kappa shape index (κ2) is 4.56. The van der Waals surface area contributed by atoms with E-state index in [0.29, 0.717) is 6.42 Å². The summed E-state index contributed by atoms with van der Waals surface area (Å²) in [7, 11) is 0. The van der Waals surface area contributed by atoms with Crippen LogP contribution in [-0.2, 0) is 0 Å². The maximum Gasteiger partial charge on any atom is 0.277 e. The summed E-state index contributed by atoms with van der Waals surface area (Å²) in [6.45, 7) is 1.77. The van der Waals surface area contributed by atoms with Crippen molar-refractivity contribution in [2.45, 2.75) is 19.4 Å². The number of aromatic nitrogens is 2. The molecule has 14 heavy (non-hydrogen) atoms. The molecule has 0 aliphatic rings. The van der Waals surface area contributed by atoms with Gasteiger partial charge in [0.2, 0.25) is 11.5 Å². The summed E-state index contributed by atoms with van der Waals surface area (Å²) in [5.41, 5.74) is 5.28. The molecular weight excluding hydrogens is 188 g/mol. The van der Waals surface area contributed by atoms with Gasteiger partial charge in [-0.2, -0.15) is 0 Å². The predicted molar refractivity (Wildman–Crippen MR) is 47.3 cm³/mol. The van der Waals surface area contributed by atoms with Crippen LogP contribution < -0.4 is 11.1 Å². The number of aliphatic hydroxyl groups is 1. The van der Waals surface area contributed by atoms with Crippen LogP contribution in [0.3, 0.4) is 0 Å². The summed E-state index contributed by atoms with van der Waals surface area (Å²) in [4.78, 5) is 11.4. The second-order valence-corrected chi connectivity index (χ2v) is 2.88. The van der Waals surface area contributed by atoms with Crippen molar-refractivity contribution in [1.82, 2.24) is 15.6 Å². The SMILES string of the molecule is CC(CCO)NC(=O)c1nonc1N. The molecule has 1 aromatic heterocycles. The third kappa shape index (κ3) is 2.43. The topological polar surface area (TPSA) is 114 Å². The van der Waals surface area contributed by atoms with Gasteiger partial charge in [-0.05, 0) is 23.7 Å². The molecule has 1 rings (SSSR count). The van der Waals surface area contributed by atoms with Gasteiger partial charge < -0.3 is 16.2 Å². The normalized spacial score (nSPS) is 12.4. The van der Waals surface area contributed by atoms with E-state index in [1.807, 2.05) is 0 Å². The zero-order valence-electron chi connectivity index (χ0n) is 7.73. The number of carbonyl (C=O) groups excluding carboxylic acids is 1. The highest BCUT2D eigenvalue weighted by molar-refractivity contribution is 5.96. The molecule has 7 nitrogen and oxygen atoms in total. The lowest BCUT2D eigenvalue weighted by Gasteiger charge is -2.10. The number of carbonyl (C=O) groups is 1. The van der Waals surface area contributed by atoms with Gasteiger partial charge in [-0.25, -0.2) is 4.63 Å². The maximum atomic E-state index is 11.4. The standard InChI is InChI=1S/C7H12N4O3/c1-4(2-3-12)9-7(13)5-6(8)11-14-10-5/h4,12H,2-3H2,1H3,(H2,8,11)(H,9,13). The Morgan fingerprint density at radius 3 is 2.93 bits per heavy atom. The molecule has 0 bridgehead atoms. The van der Waals surface area contributed by atoms with Crippen LogP contribution in [0.25, 0.3) is 0 Å². The summed E-state index contributed by atoms with van der Waals surface area (Å²) in [6, 6.07) is -0.149. The van der Waals surface area contributed by atoms with Crippen LogP contribution in [0.1, 0.15) is 23.8 Å². The third-order valence-electron chi connectivity index (χ3n) is 1.67. The highest BCUT2D eigenvalue weighted by Gasteiger charge is 2.17. The number of nitrogens with zero attached hydrogens (tertiary/aromatic N) is 2. The van der Waals surface area contributed by atoms with Gasteiger partial charge in [-0.3, -0.25) is 4.79 Å². The predicted octanol–water partition coefficient (Wildman–Crippen LogP) is -0.848. The monoisotopic (exact) mass is 200 g/mol. The minimum Gasteiger partial charge on any atom is -0.396 e. The van der Waals surface area contributed by atoms with Crippen LogP contribution in [0.4, 0.5) is 5.82 Å². The molecule has 0 aliphatic carbocycles. The number of nitrogens with two attached hydrogens (primary N) is 1. The van der Waals surface area contributed by atoms with Crippen molar-refractivity contribution < 1.29 is 14.5 Å². The fourth-order valence-corrected chi connectivity index (χ4v) is 0.911. The van der Waals surface area contributed by atoms with Gasteiger partial charge in [0.15, 0.2) is 0 Å². The van der Waals surface area contributed by atoms with Crippen molar-refractivity contribution in [1.29, 1.82) is 0 Å². The molecule has 0 aliphatic heterocycles. The number of hydrogen-bond donors (Lipinski definition) is 3. The van der Waals surface area contributed by atoms with Crippen molar-refractivity contribution in [2.75, 3.05) is 12.3 Å². The van der Waals surface area contributed by atoms with Crippen molar-refractivity contribution in [3.63, 3.8) is 0 Å². The van der Waals surface area contributed by atoms with Crippen molar-refractivity contribution >= 4 is 11.7 Å². The molecule has 1 aromatic rings. The maximum absolute atomic E-state index is 11.4. The van der Waals surface area contributed by atoms with E-state index < -0.39 is 5.91 Å². The Balaban J connectivity index is 2.55. The van der Waals surface area contributed by atoms with Crippen molar-refractivity contribution in [3.05, 3.63) is 5.69 Å². The van der Waals surface area contributed by atoms with E-state index in [0.717, 1.165) is 0 Å². The first kappa shape index (κ1) is 10.5. The Bertz CT molecular complexity index is 312. The quantitative estimate of drug-likeness (QED) is 0.583. The summed E-state index contributed by atoms with van der Waals surface area (Å²) < 4.78 is 4.27. The van der Waals surface area contributed by atoms with Gasteiger partial charge in [-0.1, -0.05) is 0 Å². The number of nitrogen functional groups attached to an aromatic ring is 1. The zero-order valence-corrected chi connectivity index (χ0v) is 7.73. The lowest BCUT2D eigenvalue weighted by molar-refractivity contribution is 0.0925. The highest BCUT2D eigenvalue weighted by atomic mass is 16.6. The largest absolute Gasteiger partial charge is 0.396 e. The first-order valence-corrected chi connectivity index (χ1v) is 4.15. The third-order valence-corrected chi connectivity index (χ3v) is 1.67. The van der Waals surface area contributed by atoms with Crippen LogP contribution in [0, 0.1) is 0 Å². The summed E-state index contributed by atoms with van der Waals surface area (Å²) in [6.07, 6.45) is 0.469. The van der Waals surface area contributed by atoms with Gasteiger partial charge in [0.05, 0.1) is 0 Å². The van der Waals surface area contributed by atoms with E-state index in [1.165, 1.54) is 0 Å².